The zero-order valence-electron chi connectivity index (χ0n) is 11.8. The van der Waals surface area contributed by atoms with Gasteiger partial charge in [-0.05, 0) is 38.3 Å². The molecule has 0 saturated carbocycles. The van der Waals surface area contributed by atoms with Gasteiger partial charge >= 0.3 is 0 Å². The van der Waals surface area contributed by atoms with Crippen LogP contribution < -0.4 is 15.4 Å². The molecule has 1 aromatic rings. The van der Waals surface area contributed by atoms with Crippen LogP contribution in [0.3, 0.4) is 0 Å². The van der Waals surface area contributed by atoms with Crippen LogP contribution in [0, 0.1) is 5.92 Å². The first kappa shape index (κ1) is 13.1. The van der Waals surface area contributed by atoms with Crippen molar-refractivity contribution in [3.8, 4) is 5.75 Å². The Kier molecular flexibility index (Phi) is 4.00. The molecule has 0 amide bonds. The summed E-state index contributed by atoms with van der Waals surface area (Å²) < 4.78 is 5.83. The molecule has 0 aromatic heterocycles. The highest BCUT2D eigenvalue weighted by Crippen LogP contribution is 2.36. The van der Waals surface area contributed by atoms with Gasteiger partial charge in [0, 0.05) is 12.6 Å². The minimum atomic E-state index is 0.201. The zero-order valence-corrected chi connectivity index (χ0v) is 11.8. The zero-order chi connectivity index (χ0) is 13.1. The van der Waals surface area contributed by atoms with E-state index in [9.17, 15) is 0 Å². The fourth-order valence-corrected chi connectivity index (χ4v) is 2.39. The second kappa shape index (κ2) is 5.51. The van der Waals surface area contributed by atoms with Crippen molar-refractivity contribution in [2.24, 2.45) is 5.92 Å². The SMILES string of the molecule is CC(C)CC1CNc2c(cccc2OC(C)C)N1. The molecule has 18 heavy (non-hydrogen) atoms. The quantitative estimate of drug-likeness (QED) is 0.852. The molecule has 2 rings (SSSR count). The summed E-state index contributed by atoms with van der Waals surface area (Å²) >= 11 is 0. The minimum Gasteiger partial charge on any atom is -0.489 e. The lowest BCUT2D eigenvalue weighted by atomic mass is 10.0. The predicted octanol–water partition coefficient (Wildman–Crippen LogP) is 3.73. The highest BCUT2D eigenvalue weighted by molar-refractivity contribution is 5.77. The molecule has 1 aromatic carbocycles. The third kappa shape index (κ3) is 3.09. The van der Waals surface area contributed by atoms with E-state index in [2.05, 4.69) is 44.4 Å². The molecule has 0 bridgehead atoms. The minimum absolute atomic E-state index is 0.201. The van der Waals surface area contributed by atoms with E-state index in [0.29, 0.717) is 12.0 Å². The van der Waals surface area contributed by atoms with Crippen LogP contribution in [0.15, 0.2) is 18.2 Å². The largest absolute Gasteiger partial charge is 0.489 e. The second-order valence-electron chi connectivity index (χ2n) is 5.70. The predicted molar refractivity (Wildman–Crippen MR) is 77.6 cm³/mol. The Bertz CT molecular complexity index is 401. The van der Waals surface area contributed by atoms with E-state index < -0.39 is 0 Å². The Morgan fingerprint density at radius 1 is 1.28 bits per heavy atom. The van der Waals surface area contributed by atoms with E-state index in [1.165, 1.54) is 6.42 Å². The summed E-state index contributed by atoms with van der Waals surface area (Å²) in [7, 11) is 0. The summed E-state index contributed by atoms with van der Waals surface area (Å²) in [5, 5.41) is 7.10. The Morgan fingerprint density at radius 2 is 2.06 bits per heavy atom. The van der Waals surface area contributed by atoms with Crippen LogP contribution in [0.4, 0.5) is 11.4 Å². The molecule has 1 aliphatic rings. The third-order valence-electron chi connectivity index (χ3n) is 3.03. The van der Waals surface area contributed by atoms with E-state index in [-0.39, 0.29) is 6.10 Å². The molecule has 0 aliphatic carbocycles. The van der Waals surface area contributed by atoms with Gasteiger partial charge in [0.1, 0.15) is 11.4 Å². The molecule has 1 atom stereocenters. The number of nitrogens with one attached hydrogen (secondary N) is 2. The summed E-state index contributed by atoms with van der Waals surface area (Å²) in [5.41, 5.74) is 2.26. The van der Waals surface area contributed by atoms with Crippen molar-refractivity contribution in [1.82, 2.24) is 0 Å². The van der Waals surface area contributed by atoms with E-state index >= 15 is 0 Å². The summed E-state index contributed by atoms with van der Waals surface area (Å²) in [4.78, 5) is 0. The van der Waals surface area contributed by atoms with E-state index in [1.54, 1.807) is 0 Å². The van der Waals surface area contributed by atoms with Crippen molar-refractivity contribution in [3.05, 3.63) is 18.2 Å². The lowest BCUT2D eigenvalue weighted by Gasteiger charge is -2.31. The van der Waals surface area contributed by atoms with Crippen LogP contribution >= 0.6 is 0 Å². The Hall–Kier alpha value is -1.38. The molecule has 0 radical (unpaired) electrons. The van der Waals surface area contributed by atoms with Gasteiger partial charge in [0.2, 0.25) is 0 Å². The molecule has 2 N–H and O–H groups in total. The van der Waals surface area contributed by atoms with Crippen LogP contribution in [0.1, 0.15) is 34.1 Å². The van der Waals surface area contributed by atoms with Crippen LogP contribution in [0.25, 0.3) is 0 Å². The van der Waals surface area contributed by atoms with Gasteiger partial charge < -0.3 is 15.4 Å². The first-order valence-electron chi connectivity index (χ1n) is 6.86. The number of hydrogen-bond acceptors (Lipinski definition) is 3. The van der Waals surface area contributed by atoms with Crippen LogP contribution in [-0.4, -0.2) is 18.7 Å². The van der Waals surface area contributed by atoms with E-state index in [4.69, 9.17) is 4.74 Å². The normalized spacial score (nSPS) is 18.2. The summed E-state index contributed by atoms with van der Waals surface area (Å²) in [6.07, 6.45) is 1.38. The summed E-state index contributed by atoms with van der Waals surface area (Å²) in [6, 6.07) is 6.69. The molecule has 1 unspecified atom stereocenters. The van der Waals surface area contributed by atoms with Crippen molar-refractivity contribution in [2.45, 2.75) is 46.3 Å². The molecule has 3 heteroatoms. The highest BCUT2D eigenvalue weighted by Gasteiger charge is 2.20. The number of para-hydroxylation sites is 1. The number of hydrogen-bond donors (Lipinski definition) is 2. The number of ether oxygens (including phenoxy) is 1. The summed E-state index contributed by atoms with van der Waals surface area (Å²) in [6.45, 7) is 9.59. The molecule has 0 spiro atoms. The van der Waals surface area contributed by atoms with Gasteiger partial charge in [-0.25, -0.2) is 0 Å². The third-order valence-corrected chi connectivity index (χ3v) is 3.03. The second-order valence-corrected chi connectivity index (χ2v) is 5.70. The molecule has 1 heterocycles. The smallest absolute Gasteiger partial charge is 0.144 e. The van der Waals surface area contributed by atoms with Gasteiger partial charge in [0.25, 0.3) is 0 Å². The van der Waals surface area contributed by atoms with Crippen molar-refractivity contribution < 1.29 is 4.74 Å². The average Bonchev–Trinajstić information content (AvgIpc) is 2.27. The maximum Gasteiger partial charge on any atom is 0.144 e. The average molecular weight is 248 g/mol. The van der Waals surface area contributed by atoms with Gasteiger partial charge in [0.15, 0.2) is 0 Å². The number of anilines is 2. The molecular weight excluding hydrogens is 224 g/mol. The van der Waals surface area contributed by atoms with Crippen molar-refractivity contribution in [2.75, 3.05) is 17.2 Å². The van der Waals surface area contributed by atoms with E-state index in [0.717, 1.165) is 23.7 Å². The first-order chi connectivity index (χ1) is 8.56. The molecule has 3 nitrogen and oxygen atoms in total. The number of fused-ring (bicyclic) bond motifs is 1. The van der Waals surface area contributed by atoms with Crippen molar-refractivity contribution >= 4 is 11.4 Å². The monoisotopic (exact) mass is 248 g/mol. The molecule has 0 saturated heterocycles. The molecular formula is C15H24N2O. The lowest BCUT2D eigenvalue weighted by Crippen LogP contribution is -2.34. The topological polar surface area (TPSA) is 33.3 Å². The molecule has 1 aliphatic heterocycles. The van der Waals surface area contributed by atoms with Crippen molar-refractivity contribution in [1.29, 1.82) is 0 Å². The first-order valence-corrected chi connectivity index (χ1v) is 6.86. The van der Waals surface area contributed by atoms with Gasteiger partial charge in [-0.2, -0.15) is 0 Å². The number of benzene rings is 1. The maximum atomic E-state index is 5.83. The van der Waals surface area contributed by atoms with Crippen LogP contribution in [0.5, 0.6) is 5.75 Å². The van der Waals surface area contributed by atoms with Gasteiger partial charge in [0.05, 0.1) is 11.8 Å². The Morgan fingerprint density at radius 3 is 2.72 bits per heavy atom. The number of rotatable bonds is 4. The Labute approximate surface area is 110 Å². The molecule has 0 fully saturated rings. The fourth-order valence-electron chi connectivity index (χ4n) is 2.39. The van der Waals surface area contributed by atoms with Crippen LogP contribution in [-0.2, 0) is 0 Å². The molecule has 100 valence electrons. The lowest BCUT2D eigenvalue weighted by molar-refractivity contribution is 0.243. The van der Waals surface area contributed by atoms with Gasteiger partial charge in [-0.1, -0.05) is 19.9 Å². The standard InChI is InChI=1S/C15H24N2O/c1-10(2)8-12-9-16-15-13(17-12)6-5-7-14(15)18-11(3)4/h5-7,10-12,16-17H,8-9H2,1-4H3. The van der Waals surface area contributed by atoms with Crippen LogP contribution in [0.2, 0.25) is 0 Å². The fraction of sp³-hybridized carbons (Fsp3) is 0.600. The van der Waals surface area contributed by atoms with Gasteiger partial charge in [-0.15, -0.1) is 0 Å². The van der Waals surface area contributed by atoms with Gasteiger partial charge in [-0.3, -0.25) is 0 Å². The van der Waals surface area contributed by atoms with E-state index in [1.807, 2.05) is 12.1 Å². The maximum absolute atomic E-state index is 5.83. The Balaban J connectivity index is 2.14. The van der Waals surface area contributed by atoms with Crippen molar-refractivity contribution in [3.63, 3.8) is 0 Å². The summed E-state index contributed by atoms with van der Waals surface area (Å²) in [5.74, 6) is 1.65. The highest BCUT2D eigenvalue weighted by atomic mass is 16.5.